The Morgan fingerprint density at radius 2 is 1.81 bits per heavy atom. The van der Waals surface area contributed by atoms with Gasteiger partial charge in [-0.15, -0.1) is 0 Å². The SMILES string of the molecule is O=c1ccn([C@@H]2O[C@H](COP(=O)(O/C=C\Br)OP(=O)(O)OP(=O)(O)O)[C@@H](O)[C@H]2O)c(=O)[nH]1. The first kappa shape index (κ1) is 27.3. The standard InChI is InChI=1S/C11H16BrN2O15P3/c12-2-4-25-32(24,29-31(22,23)28-30(19,20)21)26-5-6-8(16)9(17)10(27-6)14-3-1-7(15)13-11(14)18/h1-4,6,8-10,16-17H,5H2,(H,22,23)(H,13,15,18)(H2,19,20,21)/b4-2-/t6-,8-,9-,10-,32?/m1/s1. The average molecular weight is 589 g/mol. The van der Waals surface area contributed by atoms with Crippen molar-refractivity contribution in [2.75, 3.05) is 6.61 Å². The van der Waals surface area contributed by atoms with Crippen molar-refractivity contribution in [2.24, 2.45) is 0 Å². The van der Waals surface area contributed by atoms with E-state index in [-0.39, 0.29) is 0 Å². The Bertz CT molecular complexity index is 1100. The van der Waals surface area contributed by atoms with Crippen LogP contribution in [0, 0.1) is 0 Å². The molecular weight excluding hydrogens is 573 g/mol. The maximum absolute atomic E-state index is 12.6. The number of phosphoric ester groups is 1. The molecule has 2 rings (SSSR count). The van der Waals surface area contributed by atoms with Gasteiger partial charge in [-0.2, -0.15) is 8.62 Å². The molecule has 1 fully saturated rings. The zero-order valence-electron chi connectivity index (χ0n) is 15.3. The monoisotopic (exact) mass is 588 g/mol. The summed E-state index contributed by atoms with van der Waals surface area (Å²) < 4.78 is 57.9. The van der Waals surface area contributed by atoms with Crippen molar-refractivity contribution in [3.63, 3.8) is 0 Å². The minimum absolute atomic E-state index is 0.613. The van der Waals surface area contributed by atoms with E-state index >= 15 is 0 Å². The number of ether oxygens (including phenoxy) is 1. The molecule has 2 heterocycles. The quantitative estimate of drug-likeness (QED) is 0.147. The van der Waals surface area contributed by atoms with Crippen molar-refractivity contribution in [2.45, 2.75) is 24.5 Å². The fourth-order valence-corrected chi connectivity index (χ4v) is 6.03. The molecule has 0 aliphatic carbocycles. The fraction of sp³-hybridized carbons (Fsp3) is 0.455. The lowest BCUT2D eigenvalue weighted by Crippen LogP contribution is -2.37. The molecule has 2 unspecified atom stereocenters. The summed E-state index contributed by atoms with van der Waals surface area (Å²) in [6, 6.07) is 0.940. The van der Waals surface area contributed by atoms with Crippen LogP contribution in [0.25, 0.3) is 0 Å². The van der Waals surface area contributed by atoms with E-state index in [1.165, 1.54) is 0 Å². The second kappa shape index (κ2) is 10.5. The van der Waals surface area contributed by atoms with Gasteiger partial charge in [0.15, 0.2) is 6.23 Å². The number of aliphatic hydroxyl groups is 2. The first-order valence-electron chi connectivity index (χ1n) is 7.99. The molecule has 1 aliphatic heterocycles. The smallest absolute Gasteiger partial charge is 0.411 e. The van der Waals surface area contributed by atoms with E-state index in [1.54, 1.807) is 0 Å². The third kappa shape index (κ3) is 7.53. The number of aliphatic hydroxyl groups excluding tert-OH is 2. The number of phosphoric acid groups is 3. The summed E-state index contributed by atoms with van der Waals surface area (Å²) in [7, 11) is -16.4. The van der Waals surface area contributed by atoms with Crippen molar-refractivity contribution in [1.82, 2.24) is 9.55 Å². The molecule has 182 valence electrons. The Kier molecular flexibility index (Phi) is 8.97. The molecule has 6 N–H and O–H groups in total. The van der Waals surface area contributed by atoms with Crippen molar-refractivity contribution in [3.05, 3.63) is 44.3 Å². The van der Waals surface area contributed by atoms with E-state index in [2.05, 4.69) is 29.1 Å². The third-order valence-electron chi connectivity index (χ3n) is 3.51. The van der Waals surface area contributed by atoms with Crippen LogP contribution >= 0.6 is 39.4 Å². The number of aromatic nitrogens is 2. The van der Waals surface area contributed by atoms with Gasteiger partial charge in [0.1, 0.15) is 24.6 Å². The first-order chi connectivity index (χ1) is 14.7. The second-order valence-corrected chi connectivity index (χ2v) is 10.9. The summed E-state index contributed by atoms with van der Waals surface area (Å²) in [6.07, 6.45) is -4.95. The van der Waals surface area contributed by atoms with E-state index in [0.717, 1.165) is 21.8 Å². The van der Waals surface area contributed by atoms with Gasteiger partial charge in [-0.25, -0.2) is 18.5 Å². The lowest BCUT2D eigenvalue weighted by atomic mass is 10.1. The van der Waals surface area contributed by atoms with Crippen molar-refractivity contribution >= 4 is 39.4 Å². The molecule has 1 aromatic rings. The fourth-order valence-electron chi connectivity index (χ4n) is 2.34. The minimum Gasteiger partial charge on any atom is -0.411 e. The Balaban J connectivity index is 2.17. The molecule has 17 nitrogen and oxygen atoms in total. The molecule has 0 bridgehead atoms. The summed E-state index contributed by atoms with van der Waals surface area (Å²) in [4.78, 5) is 52.5. The highest BCUT2D eigenvalue weighted by Crippen LogP contribution is 2.68. The van der Waals surface area contributed by atoms with Crippen molar-refractivity contribution in [3.8, 4) is 0 Å². The van der Waals surface area contributed by atoms with E-state index in [4.69, 9.17) is 19.0 Å². The Morgan fingerprint density at radius 3 is 2.38 bits per heavy atom. The largest absolute Gasteiger partial charge is 0.538 e. The van der Waals surface area contributed by atoms with E-state index in [1.807, 2.05) is 4.98 Å². The minimum atomic E-state index is -5.69. The number of nitrogens with zero attached hydrogens (tertiary/aromatic N) is 1. The maximum Gasteiger partial charge on any atom is 0.538 e. The van der Waals surface area contributed by atoms with Gasteiger partial charge in [0.25, 0.3) is 5.56 Å². The summed E-state index contributed by atoms with van der Waals surface area (Å²) in [5.74, 6) is 0. The number of nitrogens with one attached hydrogen (secondary N) is 1. The van der Waals surface area contributed by atoms with Crippen LogP contribution in [0.2, 0.25) is 0 Å². The summed E-state index contributed by atoms with van der Waals surface area (Å²) >= 11 is 2.73. The molecule has 0 radical (unpaired) electrons. The van der Waals surface area contributed by atoms with Gasteiger partial charge in [0, 0.05) is 17.2 Å². The van der Waals surface area contributed by atoms with E-state index in [9.17, 15) is 38.4 Å². The predicted molar refractivity (Wildman–Crippen MR) is 104 cm³/mol. The Morgan fingerprint density at radius 1 is 1.16 bits per heavy atom. The lowest BCUT2D eigenvalue weighted by molar-refractivity contribution is -0.0543. The summed E-state index contributed by atoms with van der Waals surface area (Å²) in [5, 5.41) is 20.3. The molecule has 0 saturated carbocycles. The summed E-state index contributed by atoms with van der Waals surface area (Å²) in [6.45, 7) is -0.948. The van der Waals surface area contributed by atoms with Gasteiger partial charge >= 0.3 is 29.2 Å². The molecule has 1 aromatic heterocycles. The highest BCUT2D eigenvalue weighted by Gasteiger charge is 2.48. The van der Waals surface area contributed by atoms with Crippen molar-refractivity contribution < 1.29 is 61.0 Å². The topological polar surface area (TPSA) is 253 Å². The van der Waals surface area contributed by atoms with E-state index in [0.29, 0.717) is 6.26 Å². The molecule has 1 aliphatic rings. The molecule has 32 heavy (non-hydrogen) atoms. The number of aromatic amines is 1. The van der Waals surface area contributed by atoms with Crippen LogP contribution in [-0.2, 0) is 36.1 Å². The third-order valence-corrected chi connectivity index (χ3v) is 7.88. The highest BCUT2D eigenvalue weighted by molar-refractivity contribution is 9.11. The van der Waals surface area contributed by atoms with Crippen LogP contribution in [0.5, 0.6) is 0 Å². The molecule has 0 spiro atoms. The van der Waals surface area contributed by atoms with Crippen LogP contribution < -0.4 is 11.2 Å². The van der Waals surface area contributed by atoms with Crippen LogP contribution in [0.15, 0.2) is 33.1 Å². The van der Waals surface area contributed by atoms with Gasteiger partial charge in [-0.3, -0.25) is 18.9 Å². The normalized spacial score (nSPS) is 27.8. The summed E-state index contributed by atoms with van der Waals surface area (Å²) in [5.41, 5.74) is -1.72. The number of H-pyrrole nitrogens is 1. The highest BCUT2D eigenvalue weighted by atomic mass is 79.9. The number of hydrogen-bond acceptors (Lipinski definition) is 12. The van der Waals surface area contributed by atoms with Gasteiger partial charge in [-0.1, -0.05) is 15.9 Å². The Hall–Kier alpha value is -0.970. The molecular formula is C11H16BrN2O15P3. The van der Waals surface area contributed by atoms with Crippen LogP contribution in [0.4, 0.5) is 0 Å². The number of hydrogen-bond donors (Lipinski definition) is 6. The molecule has 21 heteroatoms. The second-order valence-electron chi connectivity index (χ2n) is 5.80. The van der Waals surface area contributed by atoms with Crippen LogP contribution in [-0.4, -0.2) is 59.4 Å². The molecule has 1 saturated heterocycles. The molecule has 0 amide bonds. The van der Waals surface area contributed by atoms with Gasteiger partial charge in [0.2, 0.25) is 0 Å². The molecule has 0 aromatic carbocycles. The van der Waals surface area contributed by atoms with Crippen molar-refractivity contribution in [1.29, 1.82) is 0 Å². The van der Waals surface area contributed by atoms with Crippen LogP contribution in [0.3, 0.4) is 0 Å². The van der Waals surface area contributed by atoms with Gasteiger partial charge < -0.3 is 34.2 Å². The number of halogens is 1. The Labute approximate surface area is 185 Å². The maximum atomic E-state index is 12.6. The zero-order valence-corrected chi connectivity index (χ0v) is 19.6. The molecule has 6 atom stereocenters. The average Bonchev–Trinajstić information content (AvgIpc) is 2.91. The van der Waals surface area contributed by atoms with Crippen LogP contribution in [0.1, 0.15) is 6.23 Å². The van der Waals surface area contributed by atoms with Gasteiger partial charge in [0.05, 0.1) is 6.61 Å². The van der Waals surface area contributed by atoms with E-state index < -0.39 is 65.9 Å². The van der Waals surface area contributed by atoms with Gasteiger partial charge in [-0.05, 0) is 0 Å². The predicted octanol–water partition coefficient (Wildman–Crippen LogP) is -0.611. The first-order valence-corrected chi connectivity index (χ1v) is 13.4. The lowest BCUT2D eigenvalue weighted by Gasteiger charge is -2.21. The number of rotatable bonds is 10. The zero-order chi connectivity index (χ0) is 24.3.